The summed E-state index contributed by atoms with van der Waals surface area (Å²) in [5.41, 5.74) is 0.167. The van der Waals surface area contributed by atoms with Crippen LogP contribution in [0.4, 0.5) is 0 Å². The lowest BCUT2D eigenvalue weighted by molar-refractivity contribution is -0.000719. The van der Waals surface area contributed by atoms with Gasteiger partial charge in [0.25, 0.3) is 0 Å². The van der Waals surface area contributed by atoms with E-state index in [1.807, 2.05) is 0 Å². The Labute approximate surface area is 86.5 Å². The van der Waals surface area contributed by atoms with Crippen LogP contribution in [0, 0.1) is 5.41 Å². The summed E-state index contributed by atoms with van der Waals surface area (Å²) in [4.78, 5) is 0. The molecule has 3 nitrogen and oxygen atoms in total. The van der Waals surface area contributed by atoms with E-state index < -0.39 is 6.30 Å². The first-order valence-electron chi connectivity index (χ1n) is 4.71. The lowest BCUT2D eigenvalue weighted by Crippen LogP contribution is -2.36. The molecular weight excluding hydrogens is 255 g/mol. The van der Waals surface area contributed by atoms with Crippen molar-refractivity contribution in [3.05, 3.63) is 0 Å². The van der Waals surface area contributed by atoms with E-state index in [0.29, 0.717) is 13.2 Å². The van der Waals surface area contributed by atoms with E-state index in [4.69, 9.17) is 9.05 Å². The largest absolute Gasteiger partial charge is 0.396 e. The number of halogens is 1. The van der Waals surface area contributed by atoms with Crippen LogP contribution in [0.5, 0.6) is 0 Å². The zero-order valence-corrected chi connectivity index (χ0v) is 9.98. The maximum atomic E-state index is 11.3. The smallest absolute Gasteiger partial charge is 0.300 e. The number of hydrogen-bond acceptors (Lipinski definition) is 3. The molecule has 2 fully saturated rings. The molecular formula is C8H14BrO3P. The molecule has 0 aromatic heterocycles. The first kappa shape index (κ1) is 10.2. The van der Waals surface area contributed by atoms with Crippen LogP contribution in [0.25, 0.3) is 0 Å². The van der Waals surface area contributed by atoms with Gasteiger partial charge in [0.2, 0.25) is 0 Å². The van der Waals surface area contributed by atoms with Gasteiger partial charge < -0.3 is 0 Å². The molecule has 0 unspecified atom stereocenters. The molecule has 1 spiro atoms. The first-order chi connectivity index (χ1) is 6.12. The standard InChI is InChI=1S/C8H14BrO3P/c9-13(10)11-6-8(7-12-13)4-2-1-3-5-8/h1-7H2. The van der Waals surface area contributed by atoms with E-state index in [1.54, 1.807) is 0 Å². The molecule has 0 radical (unpaired) electrons. The van der Waals surface area contributed by atoms with Crippen molar-refractivity contribution in [2.24, 2.45) is 5.41 Å². The van der Waals surface area contributed by atoms with Crippen LogP contribution in [0.1, 0.15) is 32.1 Å². The van der Waals surface area contributed by atoms with Crippen LogP contribution in [-0.2, 0) is 13.6 Å². The number of rotatable bonds is 0. The van der Waals surface area contributed by atoms with E-state index in [-0.39, 0.29) is 5.41 Å². The monoisotopic (exact) mass is 268 g/mol. The molecule has 0 amide bonds. The van der Waals surface area contributed by atoms with Crippen molar-refractivity contribution in [1.82, 2.24) is 0 Å². The Balaban J connectivity index is 1.99. The van der Waals surface area contributed by atoms with Gasteiger partial charge in [0.1, 0.15) is 0 Å². The fourth-order valence-corrected chi connectivity index (χ4v) is 3.64. The van der Waals surface area contributed by atoms with Gasteiger partial charge in [0.15, 0.2) is 0 Å². The molecule has 5 heteroatoms. The van der Waals surface area contributed by atoms with Crippen molar-refractivity contribution in [2.45, 2.75) is 32.1 Å². The third-order valence-corrected chi connectivity index (χ3v) is 5.07. The molecule has 0 bridgehead atoms. The Morgan fingerprint density at radius 1 is 1.08 bits per heavy atom. The molecule has 0 aromatic carbocycles. The van der Waals surface area contributed by atoms with Crippen molar-refractivity contribution in [3.8, 4) is 0 Å². The summed E-state index contributed by atoms with van der Waals surface area (Å²) in [7, 11) is 0. The third kappa shape index (κ3) is 2.35. The Kier molecular flexibility index (Phi) is 2.85. The normalized spacial score (nSPS) is 31.8. The summed E-state index contributed by atoms with van der Waals surface area (Å²) in [5.74, 6) is 0. The van der Waals surface area contributed by atoms with Gasteiger partial charge in [-0.2, -0.15) is 0 Å². The second-order valence-corrected chi connectivity index (χ2v) is 8.02. The minimum absolute atomic E-state index is 0.167. The molecule has 1 heterocycles. The lowest BCUT2D eigenvalue weighted by atomic mass is 9.75. The van der Waals surface area contributed by atoms with Crippen LogP contribution in [-0.4, -0.2) is 13.2 Å². The van der Waals surface area contributed by atoms with E-state index in [0.717, 1.165) is 12.8 Å². The average molecular weight is 269 g/mol. The maximum absolute atomic E-state index is 11.3. The minimum atomic E-state index is -2.87. The highest BCUT2D eigenvalue weighted by molar-refractivity contribution is 9.39. The lowest BCUT2D eigenvalue weighted by Gasteiger charge is -2.40. The summed E-state index contributed by atoms with van der Waals surface area (Å²) >= 11 is 2.95. The first-order valence-corrected chi connectivity index (χ1v) is 8.27. The molecule has 1 saturated heterocycles. The predicted octanol–water partition coefficient (Wildman–Crippen LogP) is 3.49. The molecule has 1 aliphatic carbocycles. The fraction of sp³-hybridized carbons (Fsp3) is 1.00. The van der Waals surface area contributed by atoms with Crippen LogP contribution >= 0.6 is 21.8 Å². The summed E-state index contributed by atoms with van der Waals surface area (Å²) in [6.07, 6.45) is 3.25. The molecule has 1 saturated carbocycles. The van der Waals surface area contributed by atoms with Crippen molar-refractivity contribution in [1.29, 1.82) is 0 Å². The fourth-order valence-electron chi connectivity index (χ4n) is 2.10. The average Bonchev–Trinajstić information content (AvgIpc) is 2.13. The highest BCUT2D eigenvalue weighted by Gasteiger charge is 2.41. The molecule has 0 atom stereocenters. The van der Waals surface area contributed by atoms with Gasteiger partial charge in [-0.1, -0.05) is 19.3 Å². The van der Waals surface area contributed by atoms with Crippen LogP contribution in [0.3, 0.4) is 0 Å². The molecule has 13 heavy (non-hydrogen) atoms. The quantitative estimate of drug-likeness (QED) is 0.631. The number of hydrogen-bond donors (Lipinski definition) is 0. The summed E-state index contributed by atoms with van der Waals surface area (Å²) in [5, 5.41) is 0. The van der Waals surface area contributed by atoms with Gasteiger partial charge in [-0.15, -0.1) is 0 Å². The Hall–Kier alpha value is 0.630. The predicted molar refractivity (Wildman–Crippen MR) is 54.0 cm³/mol. The van der Waals surface area contributed by atoms with Crippen molar-refractivity contribution in [3.63, 3.8) is 0 Å². The maximum Gasteiger partial charge on any atom is 0.396 e. The van der Waals surface area contributed by atoms with Crippen molar-refractivity contribution < 1.29 is 13.6 Å². The van der Waals surface area contributed by atoms with Crippen LogP contribution in [0.2, 0.25) is 0 Å². The van der Waals surface area contributed by atoms with Gasteiger partial charge in [0, 0.05) is 20.9 Å². The highest BCUT2D eigenvalue weighted by atomic mass is 79.9. The summed E-state index contributed by atoms with van der Waals surface area (Å²) < 4.78 is 21.7. The van der Waals surface area contributed by atoms with Gasteiger partial charge in [-0.25, -0.2) is 4.57 Å². The molecule has 1 aliphatic heterocycles. The topological polar surface area (TPSA) is 35.5 Å². The molecule has 76 valence electrons. The van der Waals surface area contributed by atoms with Gasteiger partial charge in [-0.3, -0.25) is 9.05 Å². The van der Waals surface area contributed by atoms with Crippen LogP contribution in [0.15, 0.2) is 0 Å². The second kappa shape index (κ2) is 3.65. The second-order valence-electron chi connectivity index (χ2n) is 4.04. The highest BCUT2D eigenvalue weighted by Crippen LogP contribution is 2.61. The summed E-state index contributed by atoms with van der Waals surface area (Å²) in [6, 6.07) is 0. The molecule has 2 rings (SSSR count). The van der Waals surface area contributed by atoms with E-state index in [1.165, 1.54) is 19.3 Å². The summed E-state index contributed by atoms with van der Waals surface area (Å²) in [6.45, 7) is 1.19. The van der Waals surface area contributed by atoms with Crippen molar-refractivity contribution in [2.75, 3.05) is 13.2 Å². The zero-order valence-electron chi connectivity index (χ0n) is 7.50. The van der Waals surface area contributed by atoms with Crippen molar-refractivity contribution >= 4 is 21.8 Å². The van der Waals surface area contributed by atoms with E-state index in [9.17, 15) is 4.57 Å². The Morgan fingerprint density at radius 2 is 1.62 bits per heavy atom. The molecule has 0 aromatic rings. The van der Waals surface area contributed by atoms with Crippen LogP contribution < -0.4 is 0 Å². The van der Waals surface area contributed by atoms with Gasteiger partial charge >= 0.3 is 6.30 Å². The van der Waals surface area contributed by atoms with Gasteiger partial charge in [0.05, 0.1) is 13.2 Å². The molecule has 2 aliphatic rings. The minimum Gasteiger partial charge on any atom is -0.300 e. The molecule has 0 N–H and O–H groups in total. The van der Waals surface area contributed by atoms with E-state index in [2.05, 4.69) is 15.5 Å². The Morgan fingerprint density at radius 3 is 2.15 bits per heavy atom. The SMILES string of the molecule is O=P1(Br)OCC2(CCCCC2)CO1. The Bertz CT molecular complexity index is 224. The van der Waals surface area contributed by atoms with E-state index >= 15 is 0 Å². The third-order valence-electron chi connectivity index (χ3n) is 2.96. The van der Waals surface area contributed by atoms with Gasteiger partial charge in [-0.05, 0) is 12.8 Å². The zero-order chi connectivity index (χ0) is 9.36.